The van der Waals surface area contributed by atoms with Crippen molar-refractivity contribution < 1.29 is 13.2 Å². The van der Waals surface area contributed by atoms with Crippen LogP contribution in [-0.2, 0) is 6.18 Å². The van der Waals surface area contributed by atoms with Crippen molar-refractivity contribution in [1.82, 2.24) is 19.6 Å². The lowest BCUT2D eigenvalue weighted by Crippen LogP contribution is -2.07. The van der Waals surface area contributed by atoms with Crippen LogP contribution in [0.5, 0.6) is 0 Å². The third kappa shape index (κ3) is 2.73. The SMILES string of the molecule is FC(F)(F)c1cc([C@H]2C[C@@H]2c2cc(Cl)nn3ccnc23)cc2cccnc12. The summed E-state index contributed by atoms with van der Waals surface area (Å²) in [6.07, 6.45) is 0.995. The molecular weight excluding hydrogens is 377 g/mol. The van der Waals surface area contributed by atoms with Crippen molar-refractivity contribution in [2.75, 3.05) is 0 Å². The zero-order valence-corrected chi connectivity index (χ0v) is 14.5. The Labute approximate surface area is 156 Å². The Kier molecular flexibility index (Phi) is 3.46. The molecule has 3 heterocycles. The fraction of sp³-hybridized carbons (Fsp3) is 0.211. The van der Waals surface area contributed by atoms with E-state index in [9.17, 15) is 13.2 Å². The number of aromatic nitrogens is 4. The standard InChI is InChI=1S/C19H12ClF3N4/c20-16-9-14(18-25-4-5-27(18)26-16)13-8-12(13)11-6-10-2-1-3-24-17(10)15(7-11)19(21,22)23/h1-7,9,12-13H,8H2/t12-,13+/m1/s1. The van der Waals surface area contributed by atoms with E-state index in [4.69, 9.17) is 11.6 Å². The van der Waals surface area contributed by atoms with E-state index in [0.29, 0.717) is 21.7 Å². The summed E-state index contributed by atoms with van der Waals surface area (Å²) >= 11 is 6.09. The molecule has 0 unspecified atom stereocenters. The Morgan fingerprint density at radius 2 is 1.93 bits per heavy atom. The quantitative estimate of drug-likeness (QED) is 0.473. The van der Waals surface area contributed by atoms with Gasteiger partial charge in [0.25, 0.3) is 0 Å². The van der Waals surface area contributed by atoms with E-state index in [0.717, 1.165) is 12.0 Å². The van der Waals surface area contributed by atoms with Crippen molar-refractivity contribution >= 4 is 28.2 Å². The summed E-state index contributed by atoms with van der Waals surface area (Å²) in [5.74, 6) is 0.0419. The highest BCUT2D eigenvalue weighted by Crippen LogP contribution is 2.56. The minimum absolute atomic E-state index is 0.0188. The Hall–Kier alpha value is -2.67. The molecule has 0 spiro atoms. The number of hydrogen-bond donors (Lipinski definition) is 0. The summed E-state index contributed by atoms with van der Waals surface area (Å²) in [5.41, 5.74) is 1.54. The number of fused-ring (bicyclic) bond motifs is 2. The second-order valence-electron chi connectivity index (χ2n) is 6.71. The molecule has 3 aromatic heterocycles. The lowest BCUT2D eigenvalue weighted by Gasteiger charge is -2.12. The van der Waals surface area contributed by atoms with E-state index in [-0.39, 0.29) is 17.4 Å². The summed E-state index contributed by atoms with van der Waals surface area (Å²) < 4.78 is 42.2. The summed E-state index contributed by atoms with van der Waals surface area (Å²) in [5, 5.41) is 4.98. The molecule has 5 rings (SSSR count). The molecule has 4 aromatic rings. The number of imidazole rings is 1. The topological polar surface area (TPSA) is 43.1 Å². The average molecular weight is 389 g/mol. The Morgan fingerprint density at radius 3 is 2.74 bits per heavy atom. The molecular formula is C19H12ClF3N4. The Balaban J connectivity index is 1.60. The van der Waals surface area contributed by atoms with E-state index >= 15 is 0 Å². The molecule has 0 amide bonds. The summed E-state index contributed by atoms with van der Waals surface area (Å²) in [6, 6.07) is 8.09. The number of alkyl halides is 3. The first-order valence-electron chi connectivity index (χ1n) is 8.37. The normalized spacial score (nSPS) is 19.7. The highest BCUT2D eigenvalue weighted by atomic mass is 35.5. The summed E-state index contributed by atoms with van der Waals surface area (Å²) in [7, 11) is 0. The molecule has 1 saturated carbocycles. The van der Waals surface area contributed by atoms with Crippen LogP contribution in [0.4, 0.5) is 13.2 Å². The number of halogens is 4. The van der Waals surface area contributed by atoms with Crippen molar-refractivity contribution in [1.29, 1.82) is 0 Å². The number of benzene rings is 1. The second-order valence-corrected chi connectivity index (χ2v) is 7.10. The van der Waals surface area contributed by atoms with Crippen molar-refractivity contribution in [3.8, 4) is 0 Å². The predicted molar refractivity (Wildman–Crippen MR) is 94.8 cm³/mol. The first-order chi connectivity index (χ1) is 12.9. The molecule has 1 aliphatic rings. The predicted octanol–water partition coefficient (Wildman–Crippen LogP) is 5.22. The van der Waals surface area contributed by atoms with Crippen LogP contribution in [0.1, 0.15) is 34.9 Å². The lowest BCUT2D eigenvalue weighted by molar-refractivity contribution is -0.136. The van der Waals surface area contributed by atoms with Crippen LogP contribution in [0, 0.1) is 0 Å². The Morgan fingerprint density at radius 1 is 1.07 bits per heavy atom. The van der Waals surface area contributed by atoms with Gasteiger partial charge in [0.15, 0.2) is 5.65 Å². The van der Waals surface area contributed by atoms with E-state index in [1.54, 1.807) is 41.2 Å². The van der Waals surface area contributed by atoms with Gasteiger partial charge in [-0.3, -0.25) is 4.98 Å². The molecule has 27 heavy (non-hydrogen) atoms. The van der Waals surface area contributed by atoms with E-state index in [1.807, 2.05) is 0 Å². The molecule has 1 fully saturated rings. The van der Waals surface area contributed by atoms with Crippen LogP contribution < -0.4 is 0 Å². The maximum Gasteiger partial charge on any atom is 0.418 e. The maximum absolute atomic E-state index is 13.5. The highest BCUT2D eigenvalue weighted by Gasteiger charge is 2.43. The first-order valence-corrected chi connectivity index (χ1v) is 8.75. The molecule has 136 valence electrons. The number of pyridine rings is 1. The molecule has 1 aromatic carbocycles. The zero-order valence-electron chi connectivity index (χ0n) is 13.8. The van der Waals surface area contributed by atoms with Gasteiger partial charge in [-0.25, -0.2) is 9.50 Å². The van der Waals surface area contributed by atoms with Crippen LogP contribution >= 0.6 is 11.6 Å². The van der Waals surface area contributed by atoms with Crippen molar-refractivity contribution in [2.45, 2.75) is 24.4 Å². The van der Waals surface area contributed by atoms with Gasteiger partial charge in [-0.15, -0.1) is 0 Å². The van der Waals surface area contributed by atoms with E-state index in [2.05, 4.69) is 15.1 Å². The van der Waals surface area contributed by atoms with Crippen LogP contribution in [0.3, 0.4) is 0 Å². The molecule has 8 heteroatoms. The molecule has 1 aliphatic carbocycles. The number of nitrogens with zero attached hydrogens (tertiary/aromatic N) is 4. The van der Waals surface area contributed by atoms with Crippen molar-refractivity contribution in [3.63, 3.8) is 0 Å². The molecule has 0 radical (unpaired) electrons. The van der Waals surface area contributed by atoms with Gasteiger partial charge < -0.3 is 0 Å². The van der Waals surface area contributed by atoms with Gasteiger partial charge in [-0.1, -0.05) is 17.7 Å². The van der Waals surface area contributed by atoms with E-state index in [1.165, 1.54) is 12.3 Å². The summed E-state index contributed by atoms with van der Waals surface area (Å²) in [6.45, 7) is 0. The zero-order chi connectivity index (χ0) is 18.8. The van der Waals surface area contributed by atoms with Crippen molar-refractivity contribution in [2.24, 2.45) is 0 Å². The monoisotopic (exact) mass is 388 g/mol. The highest BCUT2D eigenvalue weighted by molar-refractivity contribution is 6.29. The van der Waals surface area contributed by atoms with Crippen LogP contribution in [0.15, 0.2) is 48.9 Å². The number of rotatable bonds is 2. The number of hydrogen-bond acceptors (Lipinski definition) is 3. The third-order valence-corrected chi connectivity index (χ3v) is 5.19. The molecule has 0 saturated heterocycles. The fourth-order valence-electron chi connectivity index (χ4n) is 3.73. The summed E-state index contributed by atoms with van der Waals surface area (Å²) in [4.78, 5) is 8.24. The third-order valence-electron chi connectivity index (χ3n) is 5.01. The van der Waals surface area contributed by atoms with Gasteiger partial charge in [0.1, 0.15) is 5.15 Å². The molecule has 0 N–H and O–H groups in total. The maximum atomic E-state index is 13.5. The minimum Gasteiger partial charge on any atom is -0.256 e. The molecule has 2 atom stereocenters. The second kappa shape index (κ2) is 5.66. The average Bonchev–Trinajstić information content (AvgIpc) is 3.29. The van der Waals surface area contributed by atoms with Gasteiger partial charge in [0, 0.05) is 29.5 Å². The molecule has 4 nitrogen and oxygen atoms in total. The van der Waals surface area contributed by atoms with Gasteiger partial charge in [0.2, 0.25) is 0 Å². The van der Waals surface area contributed by atoms with Crippen molar-refractivity contribution in [3.05, 3.63) is 70.8 Å². The largest absolute Gasteiger partial charge is 0.418 e. The van der Waals surface area contributed by atoms with Crippen LogP contribution in [0.25, 0.3) is 16.6 Å². The van der Waals surface area contributed by atoms with Gasteiger partial charge in [0.05, 0.1) is 11.1 Å². The molecule has 0 aliphatic heterocycles. The Bertz CT molecular complexity index is 1180. The smallest absolute Gasteiger partial charge is 0.256 e. The van der Waals surface area contributed by atoms with Crippen LogP contribution in [-0.4, -0.2) is 19.6 Å². The fourth-order valence-corrected chi connectivity index (χ4v) is 3.93. The van der Waals surface area contributed by atoms with E-state index < -0.39 is 11.7 Å². The molecule has 0 bridgehead atoms. The van der Waals surface area contributed by atoms with Gasteiger partial charge >= 0.3 is 6.18 Å². The first kappa shape index (κ1) is 16.5. The lowest BCUT2D eigenvalue weighted by atomic mass is 9.99. The van der Waals surface area contributed by atoms with Gasteiger partial charge in [-0.05, 0) is 48.1 Å². The minimum atomic E-state index is -4.46. The van der Waals surface area contributed by atoms with Crippen LogP contribution in [0.2, 0.25) is 5.15 Å². The van der Waals surface area contributed by atoms with Gasteiger partial charge in [-0.2, -0.15) is 18.3 Å².